The van der Waals surface area contributed by atoms with Crippen LogP contribution in [-0.4, -0.2) is 33.9 Å². The zero-order valence-electron chi connectivity index (χ0n) is 9.72. The lowest BCUT2D eigenvalue weighted by atomic mass is 10.0. The molecule has 1 amide bonds. The van der Waals surface area contributed by atoms with E-state index in [0.717, 1.165) is 0 Å². The van der Waals surface area contributed by atoms with Crippen molar-refractivity contribution in [3.05, 3.63) is 22.7 Å². The van der Waals surface area contributed by atoms with E-state index >= 15 is 0 Å². The van der Waals surface area contributed by atoms with Crippen molar-refractivity contribution < 1.29 is 20.1 Å². The van der Waals surface area contributed by atoms with Crippen molar-refractivity contribution in [3.63, 3.8) is 0 Å². The van der Waals surface area contributed by atoms with Crippen LogP contribution in [0.4, 0.5) is 5.69 Å². The number of phenolic OH excluding ortho intramolecular Hbond substituents is 1. The standard InChI is InChI=1S/C11H15ClN2O4/c1-5(15)14-4-9(16)11(18)7-2-6(12)3-8(13)10(7)17/h2-3,9,11,16-18H,4,13H2,1H3,(H,14,15). The van der Waals surface area contributed by atoms with Crippen molar-refractivity contribution in [1.29, 1.82) is 0 Å². The van der Waals surface area contributed by atoms with Crippen LogP contribution in [0, 0.1) is 0 Å². The number of carbonyl (C=O) groups is 1. The molecule has 0 radical (unpaired) electrons. The van der Waals surface area contributed by atoms with Gasteiger partial charge in [0.1, 0.15) is 18.0 Å². The first-order valence-electron chi connectivity index (χ1n) is 5.21. The molecular weight excluding hydrogens is 260 g/mol. The van der Waals surface area contributed by atoms with Crippen molar-refractivity contribution in [2.24, 2.45) is 0 Å². The maximum absolute atomic E-state index is 10.7. The largest absolute Gasteiger partial charge is 0.505 e. The van der Waals surface area contributed by atoms with Crippen LogP contribution < -0.4 is 11.1 Å². The third-order valence-corrected chi connectivity index (χ3v) is 2.60. The number of rotatable bonds is 4. The molecule has 0 aromatic heterocycles. The third-order valence-electron chi connectivity index (χ3n) is 2.38. The molecule has 100 valence electrons. The molecule has 0 saturated carbocycles. The summed E-state index contributed by atoms with van der Waals surface area (Å²) in [5.41, 5.74) is 5.50. The molecule has 0 aliphatic carbocycles. The summed E-state index contributed by atoms with van der Waals surface area (Å²) in [7, 11) is 0. The Balaban J connectivity index is 2.89. The summed E-state index contributed by atoms with van der Waals surface area (Å²) in [6.07, 6.45) is -2.68. The fraction of sp³-hybridized carbons (Fsp3) is 0.364. The molecule has 7 heteroatoms. The number of benzene rings is 1. The van der Waals surface area contributed by atoms with E-state index < -0.39 is 12.2 Å². The Morgan fingerprint density at radius 2 is 2.11 bits per heavy atom. The number of anilines is 1. The van der Waals surface area contributed by atoms with Gasteiger partial charge in [0.25, 0.3) is 0 Å². The van der Waals surface area contributed by atoms with Crippen molar-refractivity contribution in [1.82, 2.24) is 5.32 Å². The molecule has 0 fully saturated rings. The van der Waals surface area contributed by atoms with Gasteiger partial charge in [0, 0.05) is 24.1 Å². The number of nitrogen functional groups attached to an aromatic ring is 1. The zero-order valence-corrected chi connectivity index (χ0v) is 10.5. The summed E-state index contributed by atoms with van der Waals surface area (Å²) in [6, 6.07) is 2.63. The van der Waals surface area contributed by atoms with Crippen molar-refractivity contribution >= 4 is 23.2 Å². The number of nitrogens with one attached hydrogen (secondary N) is 1. The highest BCUT2D eigenvalue weighted by Gasteiger charge is 2.23. The summed E-state index contributed by atoms with van der Waals surface area (Å²) in [5, 5.41) is 31.8. The minimum Gasteiger partial charge on any atom is -0.505 e. The molecule has 2 unspecified atom stereocenters. The van der Waals surface area contributed by atoms with Crippen molar-refractivity contribution in [2.45, 2.75) is 19.1 Å². The van der Waals surface area contributed by atoms with Crippen LogP contribution in [0.1, 0.15) is 18.6 Å². The van der Waals surface area contributed by atoms with E-state index in [1.165, 1.54) is 19.1 Å². The van der Waals surface area contributed by atoms with Crippen molar-refractivity contribution in [2.75, 3.05) is 12.3 Å². The molecule has 0 spiro atoms. The predicted octanol–water partition coefficient (Wildman–Crippen LogP) is 0.158. The Hall–Kier alpha value is -1.50. The minimum atomic E-state index is -1.40. The van der Waals surface area contributed by atoms with Gasteiger partial charge in [-0.15, -0.1) is 0 Å². The van der Waals surface area contributed by atoms with Gasteiger partial charge >= 0.3 is 0 Å². The summed E-state index contributed by atoms with van der Waals surface area (Å²) in [5.74, 6) is -0.676. The SMILES string of the molecule is CC(=O)NCC(O)C(O)c1cc(Cl)cc(N)c1O. The molecule has 1 rings (SSSR count). The average Bonchev–Trinajstić information content (AvgIpc) is 2.29. The van der Waals surface area contributed by atoms with Crippen LogP contribution in [0.5, 0.6) is 5.75 Å². The topological polar surface area (TPSA) is 116 Å². The Morgan fingerprint density at radius 3 is 2.67 bits per heavy atom. The number of amides is 1. The Bertz CT molecular complexity index is 453. The highest BCUT2D eigenvalue weighted by Crippen LogP contribution is 2.34. The fourth-order valence-electron chi connectivity index (χ4n) is 1.43. The third kappa shape index (κ3) is 3.49. The molecule has 0 aliphatic heterocycles. The number of halogens is 1. The number of hydrogen-bond acceptors (Lipinski definition) is 5. The van der Waals surface area contributed by atoms with Gasteiger partial charge < -0.3 is 26.4 Å². The second-order valence-electron chi connectivity index (χ2n) is 3.88. The number of aliphatic hydroxyl groups is 2. The van der Waals surface area contributed by atoms with Crippen LogP contribution >= 0.6 is 11.6 Å². The molecule has 1 aromatic carbocycles. The van der Waals surface area contributed by atoms with Crippen LogP contribution in [0.3, 0.4) is 0 Å². The maximum atomic E-state index is 10.7. The molecule has 18 heavy (non-hydrogen) atoms. The Morgan fingerprint density at radius 1 is 1.50 bits per heavy atom. The molecule has 0 heterocycles. The number of phenols is 1. The first-order valence-corrected chi connectivity index (χ1v) is 5.59. The van der Waals surface area contributed by atoms with Gasteiger partial charge in [0.05, 0.1) is 5.69 Å². The molecule has 1 aromatic rings. The molecule has 0 saturated heterocycles. The first-order chi connectivity index (χ1) is 8.32. The minimum absolute atomic E-state index is 0.00303. The lowest BCUT2D eigenvalue weighted by Gasteiger charge is -2.20. The fourth-order valence-corrected chi connectivity index (χ4v) is 1.67. The monoisotopic (exact) mass is 274 g/mol. The average molecular weight is 275 g/mol. The van der Waals surface area contributed by atoms with Crippen molar-refractivity contribution in [3.8, 4) is 5.75 Å². The van der Waals surface area contributed by atoms with Gasteiger partial charge in [-0.2, -0.15) is 0 Å². The molecule has 0 bridgehead atoms. The Labute approximate surface area is 109 Å². The number of carbonyl (C=O) groups excluding carboxylic acids is 1. The first kappa shape index (κ1) is 14.6. The molecule has 2 atom stereocenters. The van der Waals surface area contributed by atoms with E-state index in [1.807, 2.05) is 0 Å². The number of hydrogen-bond donors (Lipinski definition) is 5. The maximum Gasteiger partial charge on any atom is 0.216 e. The molecule has 0 aliphatic rings. The van der Waals surface area contributed by atoms with E-state index in [1.54, 1.807) is 0 Å². The van der Waals surface area contributed by atoms with E-state index in [-0.39, 0.29) is 34.5 Å². The molecule has 6 N–H and O–H groups in total. The normalized spacial score (nSPS) is 14.0. The molecular formula is C11H15ClN2O4. The van der Waals surface area contributed by atoms with Crippen LogP contribution in [0.2, 0.25) is 5.02 Å². The predicted molar refractivity (Wildman–Crippen MR) is 67.2 cm³/mol. The number of aromatic hydroxyl groups is 1. The summed E-state index contributed by atoms with van der Waals surface area (Å²) in [6.45, 7) is 1.14. The second-order valence-corrected chi connectivity index (χ2v) is 4.32. The highest BCUT2D eigenvalue weighted by molar-refractivity contribution is 6.31. The van der Waals surface area contributed by atoms with Crippen LogP contribution in [0.15, 0.2) is 12.1 Å². The van der Waals surface area contributed by atoms with Gasteiger partial charge in [-0.1, -0.05) is 11.6 Å². The van der Waals surface area contributed by atoms with Gasteiger partial charge in [-0.25, -0.2) is 0 Å². The molecule has 6 nitrogen and oxygen atoms in total. The van der Waals surface area contributed by atoms with E-state index in [4.69, 9.17) is 17.3 Å². The smallest absolute Gasteiger partial charge is 0.216 e. The van der Waals surface area contributed by atoms with Gasteiger partial charge in [-0.3, -0.25) is 4.79 Å². The highest BCUT2D eigenvalue weighted by atomic mass is 35.5. The lowest BCUT2D eigenvalue weighted by Crippen LogP contribution is -2.34. The lowest BCUT2D eigenvalue weighted by molar-refractivity contribution is -0.119. The zero-order chi connectivity index (χ0) is 13.9. The van der Waals surface area contributed by atoms with Crippen LogP contribution in [0.25, 0.3) is 0 Å². The number of nitrogens with two attached hydrogens (primary N) is 1. The quantitative estimate of drug-likeness (QED) is 0.396. The van der Waals surface area contributed by atoms with E-state index in [0.29, 0.717) is 0 Å². The van der Waals surface area contributed by atoms with Gasteiger partial charge in [0.2, 0.25) is 5.91 Å². The van der Waals surface area contributed by atoms with Gasteiger partial charge in [0.15, 0.2) is 0 Å². The number of aliphatic hydroxyl groups excluding tert-OH is 2. The summed E-state index contributed by atoms with van der Waals surface area (Å²) < 4.78 is 0. The van der Waals surface area contributed by atoms with Gasteiger partial charge in [-0.05, 0) is 12.1 Å². The van der Waals surface area contributed by atoms with E-state index in [9.17, 15) is 20.1 Å². The van der Waals surface area contributed by atoms with E-state index in [2.05, 4.69) is 5.32 Å². The Kier molecular flexibility index (Phi) is 4.77. The second kappa shape index (κ2) is 5.90. The summed E-state index contributed by atoms with van der Waals surface area (Å²) >= 11 is 5.74. The summed E-state index contributed by atoms with van der Waals surface area (Å²) in [4.78, 5) is 10.7. The van der Waals surface area contributed by atoms with Crippen LogP contribution in [-0.2, 0) is 4.79 Å².